The molecule has 0 spiro atoms. The van der Waals surface area contributed by atoms with E-state index in [0.717, 1.165) is 23.2 Å². The fraction of sp³-hybridized carbons (Fsp3) is 0.417. The molecule has 0 aliphatic rings. The van der Waals surface area contributed by atoms with Crippen molar-refractivity contribution >= 4 is 17.2 Å². The summed E-state index contributed by atoms with van der Waals surface area (Å²) in [6.45, 7) is 3.93. The molecular weight excluding hydrogens is 188 g/mol. The lowest BCUT2D eigenvalue weighted by Crippen LogP contribution is -2.05. The SMILES string of the molecule is CCCC(=O)c1cc(N)c(NC)cc1C. The van der Waals surface area contributed by atoms with E-state index in [1.54, 1.807) is 6.07 Å². The second-order valence-corrected chi connectivity index (χ2v) is 3.68. The van der Waals surface area contributed by atoms with Crippen molar-refractivity contribution in [3.8, 4) is 0 Å². The minimum Gasteiger partial charge on any atom is -0.397 e. The van der Waals surface area contributed by atoms with Gasteiger partial charge in [-0.2, -0.15) is 0 Å². The molecule has 0 unspecified atom stereocenters. The number of anilines is 2. The zero-order valence-corrected chi connectivity index (χ0v) is 9.55. The Balaban J connectivity index is 3.10. The molecule has 0 amide bonds. The Labute approximate surface area is 90.7 Å². The molecule has 0 atom stereocenters. The van der Waals surface area contributed by atoms with Crippen molar-refractivity contribution in [2.75, 3.05) is 18.1 Å². The number of Topliss-reactive ketones (excluding diaryl/α,β-unsaturated/α-hetero) is 1. The summed E-state index contributed by atoms with van der Waals surface area (Å²) >= 11 is 0. The van der Waals surface area contributed by atoms with E-state index in [2.05, 4.69) is 5.32 Å². The molecular formula is C12H18N2O. The van der Waals surface area contributed by atoms with Crippen molar-refractivity contribution in [2.24, 2.45) is 0 Å². The number of carbonyl (C=O) groups is 1. The smallest absolute Gasteiger partial charge is 0.163 e. The number of aryl methyl sites for hydroxylation is 1. The van der Waals surface area contributed by atoms with E-state index in [9.17, 15) is 4.79 Å². The van der Waals surface area contributed by atoms with Crippen molar-refractivity contribution in [2.45, 2.75) is 26.7 Å². The molecule has 1 rings (SSSR count). The zero-order chi connectivity index (χ0) is 11.4. The minimum atomic E-state index is 0.171. The van der Waals surface area contributed by atoms with Gasteiger partial charge in [0, 0.05) is 19.0 Å². The molecule has 1 aromatic rings. The first kappa shape index (κ1) is 11.6. The zero-order valence-electron chi connectivity index (χ0n) is 9.55. The molecule has 3 N–H and O–H groups in total. The molecule has 0 aromatic heterocycles. The number of nitrogens with one attached hydrogen (secondary N) is 1. The Bertz CT molecular complexity index is 372. The van der Waals surface area contributed by atoms with Crippen LogP contribution in [0.1, 0.15) is 35.7 Å². The van der Waals surface area contributed by atoms with Gasteiger partial charge in [-0.15, -0.1) is 0 Å². The summed E-state index contributed by atoms with van der Waals surface area (Å²) in [6.07, 6.45) is 1.45. The monoisotopic (exact) mass is 206 g/mol. The first-order valence-corrected chi connectivity index (χ1v) is 5.21. The van der Waals surface area contributed by atoms with Gasteiger partial charge in [0.2, 0.25) is 0 Å². The maximum Gasteiger partial charge on any atom is 0.163 e. The molecule has 1 aromatic carbocycles. The summed E-state index contributed by atoms with van der Waals surface area (Å²) in [5.74, 6) is 0.171. The van der Waals surface area contributed by atoms with Crippen molar-refractivity contribution in [1.29, 1.82) is 0 Å². The number of benzene rings is 1. The van der Waals surface area contributed by atoms with Crippen LogP contribution in [0.25, 0.3) is 0 Å². The third kappa shape index (κ3) is 2.49. The lowest BCUT2D eigenvalue weighted by atomic mass is 10.00. The van der Waals surface area contributed by atoms with Gasteiger partial charge in [-0.05, 0) is 31.0 Å². The van der Waals surface area contributed by atoms with E-state index in [1.165, 1.54) is 0 Å². The van der Waals surface area contributed by atoms with Gasteiger partial charge in [0.1, 0.15) is 0 Å². The largest absolute Gasteiger partial charge is 0.397 e. The van der Waals surface area contributed by atoms with E-state index in [-0.39, 0.29) is 5.78 Å². The van der Waals surface area contributed by atoms with Gasteiger partial charge in [0.25, 0.3) is 0 Å². The van der Waals surface area contributed by atoms with Crippen LogP contribution < -0.4 is 11.1 Å². The lowest BCUT2D eigenvalue weighted by Gasteiger charge is -2.10. The lowest BCUT2D eigenvalue weighted by molar-refractivity contribution is 0.0981. The minimum absolute atomic E-state index is 0.171. The molecule has 0 radical (unpaired) electrons. The molecule has 82 valence electrons. The maximum atomic E-state index is 11.7. The van der Waals surface area contributed by atoms with Crippen LogP contribution >= 0.6 is 0 Å². The molecule has 0 heterocycles. The van der Waals surface area contributed by atoms with Gasteiger partial charge in [0.05, 0.1) is 11.4 Å². The summed E-state index contributed by atoms with van der Waals surface area (Å²) < 4.78 is 0. The topological polar surface area (TPSA) is 55.1 Å². The fourth-order valence-corrected chi connectivity index (χ4v) is 1.60. The summed E-state index contributed by atoms with van der Waals surface area (Å²) in [6, 6.07) is 3.68. The molecule has 3 nitrogen and oxygen atoms in total. The van der Waals surface area contributed by atoms with E-state index in [0.29, 0.717) is 12.1 Å². The third-order valence-corrected chi connectivity index (χ3v) is 2.44. The highest BCUT2D eigenvalue weighted by Crippen LogP contribution is 2.24. The Morgan fingerprint density at radius 2 is 2.13 bits per heavy atom. The van der Waals surface area contributed by atoms with Crippen LogP contribution in [0.3, 0.4) is 0 Å². The molecule has 0 aliphatic heterocycles. The van der Waals surface area contributed by atoms with Crippen LogP contribution in [0, 0.1) is 6.92 Å². The summed E-state index contributed by atoms with van der Waals surface area (Å²) in [5.41, 5.74) is 9.05. The normalized spacial score (nSPS) is 10.1. The van der Waals surface area contributed by atoms with Gasteiger partial charge in [-0.25, -0.2) is 0 Å². The number of nitrogens with two attached hydrogens (primary N) is 1. The van der Waals surface area contributed by atoms with Crippen molar-refractivity contribution in [3.63, 3.8) is 0 Å². The van der Waals surface area contributed by atoms with Gasteiger partial charge in [-0.3, -0.25) is 4.79 Å². The molecule has 3 heteroatoms. The second kappa shape index (κ2) is 4.82. The van der Waals surface area contributed by atoms with E-state index in [4.69, 9.17) is 5.73 Å². The quantitative estimate of drug-likeness (QED) is 0.588. The van der Waals surface area contributed by atoms with Gasteiger partial charge in [0.15, 0.2) is 5.78 Å². The Hall–Kier alpha value is -1.51. The first-order chi connectivity index (χ1) is 7.10. The average Bonchev–Trinajstić information content (AvgIpc) is 2.21. The van der Waals surface area contributed by atoms with Crippen LogP contribution in [0.4, 0.5) is 11.4 Å². The fourth-order valence-electron chi connectivity index (χ4n) is 1.60. The number of hydrogen-bond acceptors (Lipinski definition) is 3. The van der Waals surface area contributed by atoms with Crippen LogP contribution in [0.2, 0.25) is 0 Å². The Morgan fingerprint density at radius 3 is 2.67 bits per heavy atom. The molecule has 0 saturated carbocycles. The molecule has 0 saturated heterocycles. The van der Waals surface area contributed by atoms with E-state index < -0.39 is 0 Å². The maximum absolute atomic E-state index is 11.7. The van der Waals surface area contributed by atoms with Gasteiger partial charge in [-0.1, -0.05) is 6.92 Å². The van der Waals surface area contributed by atoms with Crippen LogP contribution in [0.15, 0.2) is 12.1 Å². The summed E-state index contributed by atoms with van der Waals surface area (Å²) in [5, 5.41) is 3.00. The highest BCUT2D eigenvalue weighted by molar-refractivity contribution is 5.99. The predicted molar refractivity (Wildman–Crippen MR) is 64.4 cm³/mol. The molecule has 0 aliphatic carbocycles. The Kier molecular flexibility index (Phi) is 3.72. The number of rotatable bonds is 4. The van der Waals surface area contributed by atoms with Gasteiger partial charge >= 0.3 is 0 Å². The number of nitrogen functional groups attached to an aromatic ring is 1. The number of hydrogen-bond donors (Lipinski definition) is 2. The highest BCUT2D eigenvalue weighted by Gasteiger charge is 2.10. The Morgan fingerprint density at radius 1 is 1.47 bits per heavy atom. The van der Waals surface area contributed by atoms with Crippen LogP contribution in [0.5, 0.6) is 0 Å². The molecule has 0 fully saturated rings. The number of carbonyl (C=O) groups excluding carboxylic acids is 1. The summed E-state index contributed by atoms with van der Waals surface area (Å²) in [4.78, 5) is 11.7. The van der Waals surface area contributed by atoms with Crippen LogP contribution in [-0.4, -0.2) is 12.8 Å². The highest BCUT2D eigenvalue weighted by atomic mass is 16.1. The van der Waals surface area contributed by atoms with Crippen molar-refractivity contribution in [3.05, 3.63) is 23.3 Å². The third-order valence-electron chi connectivity index (χ3n) is 2.44. The van der Waals surface area contributed by atoms with Crippen molar-refractivity contribution in [1.82, 2.24) is 0 Å². The molecule has 0 bridgehead atoms. The molecule has 15 heavy (non-hydrogen) atoms. The van der Waals surface area contributed by atoms with Crippen molar-refractivity contribution < 1.29 is 4.79 Å². The van der Waals surface area contributed by atoms with E-state index in [1.807, 2.05) is 27.0 Å². The predicted octanol–water partition coefficient (Wildman–Crippen LogP) is 2.60. The van der Waals surface area contributed by atoms with Crippen LogP contribution in [-0.2, 0) is 0 Å². The van der Waals surface area contributed by atoms with Gasteiger partial charge < -0.3 is 11.1 Å². The van der Waals surface area contributed by atoms with E-state index >= 15 is 0 Å². The summed E-state index contributed by atoms with van der Waals surface area (Å²) in [7, 11) is 1.82. The second-order valence-electron chi connectivity index (χ2n) is 3.68. The number of ketones is 1. The average molecular weight is 206 g/mol. The first-order valence-electron chi connectivity index (χ1n) is 5.21. The standard InChI is InChI=1S/C12H18N2O/c1-4-5-12(15)9-7-10(13)11(14-3)6-8(9)2/h6-7,14H,4-5,13H2,1-3H3.